The van der Waals surface area contributed by atoms with Crippen molar-refractivity contribution in [3.05, 3.63) is 23.3 Å². The summed E-state index contributed by atoms with van der Waals surface area (Å²) in [5.41, 5.74) is 8.63. The van der Waals surface area contributed by atoms with Gasteiger partial charge in [-0.05, 0) is 50.8 Å². The molecule has 1 aromatic rings. The molecule has 0 heterocycles. The van der Waals surface area contributed by atoms with Crippen LogP contribution in [-0.4, -0.2) is 19.6 Å². The summed E-state index contributed by atoms with van der Waals surface area (Å²) in [7, 11) is 1.66. The van der Waals surface area contributed by atoms with Gasteiger partial charge in [-0.2, -0.15) is 0 Å². The number of amides is 1. The van der Waals surface area contributed by atoms with E-state index in [2.05, 4.69) is 5.32 Å². The van der Waals surface area contributed by atoms with E-state index in [0.29, 0.717) is 12.5 Å². The number of methoxy groups -OCH3 is 1. The van der Waals surface area contributed by atoms with Crippen LogP contribution in [0.5, 0.6) is 5.75 Å². The third kappa shape index (κ3) is 2.80. The van der Waals surface area contributed by atoms with Crippen molar-refractivity contribution in [3.63, 3.8) is 0 Å². The summed E-state index contributed by atoms with van der Waals surface area (Å²) in [6, 6.07) is 3.91. The Labute approximate surface area is 120 Å². The van der Waals surface area contributed by atoms with E-state index in [0.717, 1.165) is 41.8 Å². The molecule has 0 aliphatic heterocycles. The Morgan fingerprint density at radius 1 is 1.40 bits per heavy atom. The molecule has 4 heteroatoms. The van der Waals surface area contributed by atoms with Crippen LogP contribution in [0.15, 0.2) is 12.1 Å². The van der Waals surface area contributed by atoms with E-state index in [9.17, 15) is 4.79 Å². The van der Waals surface area contributed by atoms with Gasteiger partial charge in [0.2, 0.25) is 5.91 Å². The number of carbonyl (C=O) groups excluding carboxylic acids is 1. The first-order chi connectivity index (χ1) is 9.58. The number of aryl methyl sites for hydroxylation is 1. The summed E-state index contributed by atoms with van der Waals surface area (Å²) < 4.78 is 5.39. The predicted octanol–water partition coefficient (Wildman–Crippen LogP) is 2.63. The first-order valence-electron chi connectivity index (χ1n) is 7.23. The first kappa shape index (κ1) is 14.9. The summed E-state index contributed by atoms with van der Waals surface area (Å²) in [5.74, 6) is 1.30. The molecule has 1 aromatic carbocycles. The Kier molecular flexibility index (Phi) is 4.65. The van der Waals surface area contributed by atoms with E-state index in [4.69, 9.17) is 10.5 Å². The van der Waals surface area contributed by atoms with Crippen molar-refractivity contribution in [2.45, 2.75) is 33.1 Å². The number of nitrogens with two attached hydrogens (primary N) is 1. The number of benzene rings is 1. The normalized spacial score (nSPS) is 21.8. The van der Waals surface area contributed by atoms with Crippen molar-refractivity contribution in [1.82, 2.24) is 0 Å². The molecular formula is C16H24N2O2. The van der Waals surface area contributed by atoms with Gasteiger partial charge in [-0.1, -0.05) is 12.5 Å². The largest absolute Gasteiger partial charge is 0.496 e. The van der Waals surface area contributed by atoms with Gasteiger partial charge < -0.3 is 15.8 Å². The molecule has 1 fully saturated rings. The summed E-state index contributed by atoms with van der Waals surface area (Å²) in [6.07, 6.45) is 3.09. The molecule has 3 N–H and O–H groups in total. The lowest BCUT2D eigenvalue weighted by Gasteiger charge is -2.19. The SMILES string of the molecule is COc1c(C)ccc(NC(=O)C2CCCC2CN)c1C. The molecule has 4 nitrogen and oxygen atoms in total. The molecule has 1 aliphatic carbocycles. The Hall–Kier alpha value is -1.55. The van der Waals surface area contributed by atoms with Gasteiger partial charge in [0, 0.05) is 17.2 Å². The fourth-order valence-electron chi connectivity index (χ4n) is 3.17. The first-order valence-corrected chi connectivity index (χ1v) is 7.23. The lowest BCUT2D eigenvalue weighted by Crippen LogP contribution is -2.30. The lowest BCUT2D eigenvalue weighted by atomic mass is 9.95. The standard InChI is InChI=1S/C16H24N2O2/c1-10-7-8-14(11(2)15(10)20-3)18-16(19)13-6-4-5-12(13)9-17/h7-8,12-13H,4-6,9,17H2,1-3H3,(H,18,19). The van der Waals surface area contributed by atoms with E-state index in [1.165, 1.54) is 0 Å². The minimum absolute atomic E-state index is 0.0479. The minimum atomic E-state index is 0.0479. The topological polar surface area (TPSA) is 64.3 Å². The van der Waals surface area contributed by atoms with Gasteiger partial charge in [-0.15, -0.1) is 0 Å². The fraction of sp³-hybridized carbons (Fsp3) is 0.562. The lowest BCUT2D eigenvalue weighted by molar-refractivity contribution is -0.120. The summed E-state index contributed by atoms with van der Waals surface area (Å²) in [4.78, 5) is 12.4. The Morgan fingerprint density at radius 3 is 2.80 bits per heavy atom. The Bertz CT molecular complexity index is 499. The summed E-state index contributed by atoms with van der Waals surface area (Å²) in [6.45, 7) is 4.56. The van der Waals surface area contributed by atoms with E-state index >= 15 is 0 Å². The van der Waals surface area contributed by atoms with Crippen molar-refractivity contribution >= 4 is 11.6 Å². The maximum absolute atomic E-state index is 12.4. The van der Waals surface area contributed by atoms with Crippen LogP contribution in [0.3, 0.4) is 0 Å². The molecule has 2 atom stereocenters. The Balaban J connectivity index is 2.16. The zero-order valence-electron chi connectivity index (χ0n) is 12.5. The van der Waals surface area contributed by atoms with Crippen molar-refractivity contribution in [2.75, 3.05) is 19.0 Å². The minimum Gasteiger partial charge on any atom is -0.496 e. The second-order valence-corrected chi connectivity index (χ2v) is 5.61. The van der Waals surface area contributed by atoms with Gasteiger partial charge in [0.15, 0.2) is 0 Å². The Morgan fingerprint density at radius 2 is 2.15 bits per heavy atom. The molecule has 1 aliphatic rings. The van der Waals surface area contributed by atoms with Crippen molar-refractivity contribution in [2.24, 2.45) is 17.6 Å². The van der Waals surface area contributed by atoms with Gasteiger partial charge in [0.25, 0.3) is 0 Å². The van der Waals surface area contributed by atoms with Crippen molar-refractivity contribution < 1.29 is 9.53 Å². The van der Waals surface area contributed by atoms with Crippen LogP contribution in [-0.2, 0) is 4.79 Å². The summed E-state index contributed by atoms with van der Waals surface area (Å²) >= 11 is 0. The molecule has 0 spiro atoms. The van der Waals surface area contributed by atoms with Gasteiger partial charge >= 0.3 is 0 Å². The van der Waals surface area contributed by atoms with Gasteiger partial charge in [0.05, 0.1) is 7.11 Å². The fourth-order valence-corrected chi connectivity index (χ4v) is 3.17. The van der Waals surface area contributed by atoms with E-state index in [1.54, 1.807) is 7.11 Å². The van der Waals surface area contributed by atoms with E-state index in [-0.39, 0.29) is 11.8 Å². The van der Waals surface area contributed by atoms with Gasteiger partial charge in [-0.25, -0.2) is 0 Å². The molecular weight excluding hydrogens is 252 g/mol. The number of nitrogens with one attached hydrogen (secondary N) is 1. The van der Waals surface area contributed by atoms with Crippen LogP contribution < -0.4 is 15.8 Å². The monoisotopic (exact) mass is 276 g/mol. The number of anilines is 1. The quantitative estimate of drug-likeness (QED) is 0.888. The molecule has 0 bridgehead atoms. The predicted molar refractivity (Wildman–Crippen MR) is 81.0 cm³/mol. The maximum Gasteiger partial charge on any atom is 0.227 e. The molecule has 0 aromatic heterocycles. The second-order valence-electron chi connectivity index (χ2n) is 5.61. The van der Waals surface area contributed by atoms with Crippen molar-refractivity contribution in [3.8, 4) is 5.75 Å². The number of hydrogen-bond acceptors (Lipinski definition) is 3. The van der Waals surface area contributed by atoms with Crippen LogP contribution in [0.25, 0.3) is 0 Å². The average Bonchev–Trinajstić information content (AvgIpc) is 2.91. The number of rotatable bonds is 4. The molecule has 2 rings (SSSR count). The third-order valence-electron chi connectivity index (χ3n) is 4.36. The second kappa shape index (κ2) is 6.27. The highest BCUT2D eigenvalue weighted by Crippen LogP contribution is 2.34. The van der Waals surface area contributed by atoms with E-state index < -0.39 is 0 Å². The van der Waals surface area contributed by atoms with Crippen LogP contribution >= 0.6 is 0 Å². The molecule has 20 heavy (non-hydrogen) atoms. The number of ether oxygens (including phenoxy) is 1. The van der Waals surface area contributed by atoms with Gasteiger partial charge in [-0.3, -0.25) is 4.79 Å². The molecule has 110 valence electrons. The number of carbonyl (C=O) groups is 1. The summed E-state index contributed by atoms with van der Waals surface area (Å²) in [5, 5.41) is 3.04. The molecule has 1 saturated carbocycles. The average molecular weight is 276 g/mol. The molecule has 1 amide bonds. The van der Waals surface area contributed by atoms with Gasteiger partial charge in [0.1, 0.15) is 5.75 Å². The highest BCUT2D eigenvalue weighted by molar-refractivity contribution is 5.94. The highest BCUT2D eigenvalue weighted by atomic mass is 16.5. The van der Waals surface area contributed by atoms with Crippen LogP contribution in [0.1, 0.15) is 30.4 Å². The smallest absolute Gasteiger partial charge is 0.227 e. The molecule has 0 radical (unpaired) electrons. The third-order valence-corrected chi connectivity index (χ3v) is 4.36. The van der Waals surface area contributed by atoms with Crippen molar-refractivity contribution in [1.29, 1.82) is 0 Å². The highest BCUT2D eigenvalue weighted by Gasteiger charge is 2.32. The molecule has 0 saturated heterocycles. The zero-order chi connectivity index (χ0) is 14.7. The number of hydrogen-bond donors (Lipinski definition) is 2. The molecule has 2 unspecified atom stereocenters. The van der Waals surface area contributed by atoms with E-state index in [1.807, 2.05) is 26.0 Å². The maximum atomic E-state index is 12.4. The van der Waals surface area contributed by atoms with Crippen LogP contribution in [0.2, 0.25) is 0 Å². The zero-order valence-corrected chi connectivity index (χ0v) is 12.5. The van der Waals surface area contributed by atoms with Crippen LogP contribution in [0, 0.1) is 25.7 Å². The van der Waals surface area contributed by atoms with Crippen LogP contribution in [0.4, 0.5) is 5.69 Å².